The molecule has 2 rings (SSSR count). The number of hydrogen-bond donors (Lipinski definition) is 2. The third-order valence-corrected chi connectivity index (χ3v) is 4.77. The molecule has 0 amide bonds. The maximum atomic E-state index is 11.8. The third kappa shape index (κ3) is 8.42. The molecular formula is C18H34N2O4. The molecule has 2 saturated heterocycles. The Kier molecular flexibility index (Phi) is 10.3. The molecule has 140 valence electrons. The predicted octanol–water partition coefficient (Wildman–Crippen LogP) is 1.83. The molecular weight excluding hydrogens is 308 g/mol. The Morgan fingerprint density at radius 1 is 0.833 bits per heavy atom. The fraction of sp³-hybridized carbons (Fsp3) is 0.944. The van der Waals surface area contributed by atoms with E-state index in [1.54, 1.807) is 0 Å². The Morgan fingerprint density at radius 3 is 2.17 bits per heavy atom. The van der Waals surface area contributed by atoms with Crippen LogP contribution in [0, 0.1) is 5.92 Å². The first kappa shape index (κ1) is 19.6. The Morgan fingerprint density at radius 2 is 1.46 bits per heavy atom. The normalized spacial score (nSPS) is 20.2. The highest BCUT2D eigenvalue weighted by atomic mass is 16.7. The van der Waals surface area contributed by atoms with Gasteiger partial charge in [0.1, 0.15) is 6.79 Å². The van der Waals surface area contributed by atoms with Gasteiger partial charge in [0.2, 0.25) is 0 Å². The van der Waals surface area contributed by atoms with E-state index in [0.717, 1.165) is 84.2 Å². The molecule has 0 aromatic carbocycles. The van der Waals surface area contributed by atoms with Crippen molar-refractivity contribution in [3.63, 3.8) is 0 Å². The van der Waals surface area contributed by atoms with Crippen LogP contribution in [0.15, 0.2) is 0 Å². The molecule has 2 N–H and O–H groups in total. The highest BCUT2D eigenvalue weighted by Crippen LogP contribution is 2.14. The summed E-state index contributed by atoms with van der Waals surface area (Å²) in [6.45, 7) is 5.68. The number of ether oxygens (including phenoxy) is 3. The summed E-state index contributed by atoms with van der Waals surface area (Å²) in [7, 11) is 0. The first-order valence-corrected chi connectivity index (χ1v) is 9.63. The standard InChI is InChI=1S/C18H34N2O4/c21-18(16-5-9-19-10-6-16)23-14-4-2-1-3-13-22-15-24-17-7-11-20-12-8-17/h16-17,19-20H,1-15H2. The van der Waals surface area contributed by atoms with Crippen LogP contribution in [0.5, 0.6) is 0 Å². The summed E-state index contributed by atoms with van der Waals surface area (Å²) >= 11 is 0. The van der Waals surface area contributed by atoms with Crippen LogP contribution in [0.3, 0.4) is 0 Å². The van der Waals surface area contributed by atoms with Gasteiger partial charge in [-0.25, -0.2) is 0 Å². The number of carbonyl (C=O) groups is 1. The van der Waals surface area contributed by atoms with Crippen molar-refractivity contribution in [1.82, 2.24) is 10.6 Å². The highest BCUT2D eigenvalue weighted by molar-refractivity contribution is 5.72. The number of rotatable bonds is 11. The monoisotopic (exact) mass is 342 g/mol. The van der Waals surface area contributed by atoms with Gasteiger partial charge in [0.05, 0.1) is 18.6 Å². The Bertz CT molecular complexity index is 329. The molecule has 2 aliphatic heterocycles. The van der Waals surface area contributed by atoms with E-state index in [4.69, 9.17) is 14.2 Å². The lowest BCUT2D eigenvalue weighted by molar-refractivity contribution is -0.149. The van der Waals surface area contributed by atoms with Gasteiger partial charge in [-0.05, 0) is 71.1 Å². The summed E-state index contributed by atoms with van der Waals surface area (Å²) < 4.78 is 16.6. The molecule has 24 heavy (non-hydrogen) atoms. The molecule has 6 heteroatoms. The predicted molar refractivity (Wildman–Crippen MR) is 92.8 cm³/mol. The van der Waals surface area contributed by atoms with E-state index < -0.39 is 0 Å². The lowest BCUT2D eigenvalue weighted by Gasteiger charge is -2.22. The van der Waals surface area contributed by atoms with Crippen LogP contribution in [0.2, 0.25) is 0 Å². The van der Waals surface area contributed by atoms with Crippen LogP contribution in [0.25, 0.3) is 0 Å². The van der Waals surface area contributed by atoms with Gasteiger partial charge in [0, 0.05) is 6.61 Å². The van der Waals surface area contributed by atoms with Crippen molar-refractivity contribution in [2.75, 3.05) is 46.2 Å². The summed E-state index contributed by atoms with van der Waals surface area (Å²) in [5.74, 6) is 0.106. The number of esters is 1. The molecule has 2 heterocycles. The zero-order valence-electron chi connectivity index (χ0n) is 14.9. The second kappa shape index (κ2) is 12.6. The quantitative estimate of drug-likeness (QED) is 0.339. The zero-order valence-corrected chi connectivity index (χ0v) is 14.9. The fourth-order valence-electron chi connectivity index (χ4n) is 3.17. The summed E-state index contributed by atoms with van der Waals surface area (Å²) in [5, 5.41) is 6.58. The Labute approximate surface area is 146 Å². The summed E-state index contributed by atoms with van der Waals surface area (Å²) in [6.07, 6.45) is 8.53. The number of piperidine rings is 2. The number of nitrogens with one attached hydrogen (secondary N) is 2. The smallest absolute Gasteiger partial charge is 0.309 e. The average molecular weight is 342 g/mol. The minimum Gasteiger partial charge on any atom is -0.465 e. The molecule has 0 aliphatic carbocycles. The van der Waals surface area contributed by atoms with Gasteiger partial charge in [0.15, 0.2) is 0 Å². The minimum atomic E-state index is -0.00473. The lowest BCUT2D eigenvalue weighted by Crippen LogP contribution is -2.32. The van der Waals surface area contributed by atoms with Crippen LogP contribution in [0.4, 0.5) is 0 Å². The molecule has 0 bridgehead atoms. The van der Waals surface area contributed by atoms with Gasteiger partial charge in [0.25, 0.3) is 0 Å². The van der Waals surface area contributed by atoms with Gasteiger partial charge in [-0.2, -0.15) is 0 Å². The van der Waals surface area contributed by atoms with E-state index in [2.05, 4.69) is 10.6 Å². The molecule has 0 saturated carbocycles. The summed E-state index contributed by atoms with van der Waals surface area (Å²) in [4.78, 5) is 11.8. The highest BCUT2D eigenvalue weighted by Gasteiger charge is 2.21. The molecule has 0 aromatic rings. The van der Waals surface area contributed by atoms with Crippen molar-refractivity contribution >= 4 is 5.97 Å². The molecule has 0 unspecified atom stereocenters. The van der Waals surface area contributed by atoms with Crippen molar-refractivity contribution in [2.45, 2.75) is 57.5 Å². The van der Waals surface area contributed by atoms with Crippen molar-refractivity contribution in [2.24, 2.45) is 5.92 Å². The van der Waals surface area contributed by atoms with Gasteiger partial charge < -0.3 is 24.8 Å². The van der Waals surface area contributed by atoms with E-state index in [9.17, 15) is 4.79 Å². The molecule has 0 radical (unpaired) electrons. The molecule has 2 fully saturated rings. The van der Waals surface area contributed by atoms with Gasteiger partial charge in [-0.15, -0.1) is 0 Å². The molecule has 0 spiro atoms. The lowest BCUT2D eigenvalue weighted by atomic mass is 9.99. The minimum absolute atomic E-state index is 0.00473. The van der Waals surface area contributed by atoms with Crippen LogP contribution in [0.1, 0.15) is 51.4 Å². The van der Waals surface area contributed by atoms with Crippen LogP contribution >= 0.6 is 0 Å². The maximum absolute atomic E-state index is 11.8. The number of unbranched alkanes of at least 4 members (excludes halogenated alkanes) is 3. The van der Waals surface area contributed by atoms with E-state index in [1.165, 1.54) is 0 Å². The van der Waals surface area contributed by atoms with Crippen LogP contribution in [-0.2, 0) is 19.0 Å². The number of carbonyl (C=O) groups excluding carboxylic acids is 1. The Hall–Kier alpha value is -0.690. The molecule has 2 aliphatic rings. The van der Waals surface area contributed by atoms with Crippen molar-refractivity contribution in [3.05, 3.63) is 0 Å². The molecule has 0 atom stereocenters. The average Bonchev–Trinajstić information content (AvgIpc) is 2.64. The van der Waals surface area contributed by atoms with E-state index in [1.807, 2.05) is 0 Å². The van der Waals surface area contributed by atoms with Crippen molar-refractivity contribution in [1.29, 1.82) is 0 Å². The van der Waals surface area contributed by atoms with Crippen LogP contribution in [-0.4, -0.2) is 58.3 Å². The Balaban J connectivity index is 1.32. The SMILES string of the molecule is O=C(OCCCCCCOCOC1CCNCC1)C1CCNCC1. The van der Waals surface area contributed by atoms with E-state index in [0.29, 0.717) is 19.5 Å². The first-order valence-electron chi connectivity index (χ1n) is 9.63. The largest absolute Gasteiger partial charge is 0.465 e. The second-order valence-electron chi connectivity index (χ2n) is 6.75. The molecule has 0 aromatic heterocycles. The summed E-state index contributed by atoms with van der Waals surface area (Å²) in [5.41, 5.74) is 0. The van der Waals surface area contributed by atoms with Gasteiger partial charge in [-0.1, -0.05) is 6.42 Å². The maximum Gasteiger partial charge on any atom is 0.309 e. The second-order valence-corrected chi connectivity index (χ2v) is 6.75. The van der Waals surface area contributed by atoms with Gasteiger partial charge in [-0.3, -0.25) is 4.79 Å². The topological polar surface area (TPSA) is 68.8 Å². The van der Waals surface area contributed by atoms with Gasteiger partial charge >= 0.3 is 5.97 Å². The molecule has 6 nitrogen and oxygen atoms in total. The number of hydrogen-bond acceptors (Lipinski definition) is 6. The van der Waals surface area contributed by atoms with E-state index in [-0.39, 0.29) is 11.9 Å². The third-order valence-electron chi connectivity index (χ3n) is 4.77. The van der Waals surface area contributed by atoms with Crippen molar-refractivity contribution in [3.8, 4) is 0 Å². The van der Waals surface area contributed by atoms with Crippen LogP contribution < -0.4 is 10.6 Å². The zero-order chi connectivity index (χ0) is 16.9. The summed E-state index contributed by atoms with van der Waals surface area (Å²) in [6, 6.07) is 0. The fourth-order valence-corrected chi connectivity index (χ4v) is 3.17. The van der Waals surface area contributed by atoms with Crippen molar-refractivity contribution < 1.29 is 19.0 Å². The first-order chi connectivity index (χ1) is 11.9. The van der Waals surface area contributed by atoms with E-state index >= 15 is 0 Å².